The van der Waals surface area contributed by atoms with Crippen molar-refractivity contribution in [3.05, 3.63) is 42.3 Å². The second-order valence-corrected chi connectivity index (χ2v) is 2.81. The first-order chi connectivity index (χ1) is 6.27. The molecule has 0 aliphatic carbocycles. The highest BCUT2D eigenvalue weighted by molar-refractivity contribution is 5.94. The third-order valence-electron chi connectivity index (χ3n) is 1.82. The van der Waals surface area contributed by atoms with Crippen LogP contribution in [0.25, 0.3) is 0 Å². The molecule has 0 atom stereocenters. The van der Waals surface area contributed by atoms with Crippen molar-refractivity contribution in [1.82, 2.24) is 5.32 Å². The Balaban J connectivity index is 2.82. The van der Waals surface area contributed by atoms with Crippen LogP contribution in [0.5, 0.6) is 0 Å². The summed E-state index contributed by atoms with van der Waals surface area (Å²) in [4.78, 5) is 11.4. The van der Waals surface area contributed by atoms with Crippen LogP contribution in [0.3, 0.4) is 0 Å². The van der Waals surface area contributed by atoms with Crippen LogP contribution in [-0.4, -0.2) is 12.5 Å². The molecular weight excluding hydrogens is 162 g/mol. The molecule has 1 rings (SSSR count). The second-order valence-electron chi connectivity index (χ2n) is 2.81. The Hall–Kier alpha value is -1.31. The quantitative estimate of drug-likeness (QED) is 0.747. The maximum absolute atomic E-state index is 11.4. The van der Waals surface area contributed by atoms with E-state index in [0.717, 1.165) is 5.56 Å². The van der Waals surface area contributed by atoms with Gasteiger partial charge in [-0.05, 0) is 38.0 Å². The summed E-state index contributed by atoms with van der Waals surface area (Å²) in [5, 5.41) is 2.75. The van der Waals surface area contributed by atoms with Gasteiger partial charge < -0.3 is 5.32 Å². The molecule has 1 aromatic carbocycles. The van der Waals surface area contributed by atoms with Gasteiger partial charge in [0.2, 0.25) is 0 Å². The Labute approximate surface area is 79.0 Å². The molecule has 1 aromatic rings. The molecule has 0 saturated carbocycles. The summed E-state index contributed by atoms with van der Waals surface area (Å²) in [5.74, 6) is -0.0159. The van der Waals surface area contributed by atoms with Gasteiger partial charge in [0.05, 0.1) is 0 Å². The molecule has 69 valence electrons. The molecule has 2 nitrogen and oxygen atoms in total. The van der Waals surface area contributed by atoms with Crippen molar-refractivity contribution in [3.8, 4) is 0 Å². The van der Waals surface area contributed by atoms with Crippen molar-refractivity contribution in [3.63, 3.8) is 0 Å². The normalized spacial score (nSPS) is 9.69. The maximum atomic E-state index is 11.4. The van der Waals surface area contributed by atoms with Crippen molar-refractivity contribution in [2.75, 3.05) is 6.54 Å². The van der Waals surface area contributed by atoms with Gasteiger partial charge in [-0.2, -0.15) is 0 Å². The second kappa shape index (κ2) is 4.65. The number of benzene rings is 1. The van der Waals surface area contributed by atoms with Gasteiger partial charge in [-0.3, -0.25) is 4.79 Å². The summed E-state index contributed by atoms with van der Waals surface area (Å²) in [7, 11) is 0. The molecule has 1 amide bonds. The monoisotopic (exact) mass is 176 g/mol. The molecule has 1 N–H and O–H groups in total. The van der Waals surface area contributed by atoms with Gasteiger partial charge in [0.15, 0.2) is 0 Å². The topological polar surface area (TPSA) is 29.1 Å². The predicted octanol–water partition coefficient (Wildman–Crippen LogP) is 1.81. The van der Waals surface area contributed by atoms with Gasteiger partial charge in [0.1, 0.15) is 0 Å². The minimum absolute atomic E-state index is 0.0159. The van der Waals surface area contributed by atoms with Crippen LogP contribution in [0, 0.1) is 6.92 Å². The highest BCUT2D eigenvalue weighted by atomic mass is 16.1. The van der Waals surface area contributed by atoms with Crippen molar-refractivity contribution in [2.45, 2.75) is 13.3 Å². The van der Waals surface area contributed by atoms with E-state index < -0.39 is 0 Å². The van der Waals surface area contributed by atoms with Gasteiger partial charge in [0.25, 0.3) is 5.91 Å². The number of hydrogen-bond donors (Lipinski definition) is 1. The molecule has 0 spiro atoms. The van der Waals surface area contributed by atoms with Crippen LogP contribution in [0.4, 0.5) is 0 Å². The summed E-state index contributed by atoms with van der Waals surface area (Å²) >= 11 is 0. The fourth-order valence-corrected chi connectivity index (χ4v) is 1.13. The average molecular weight is 176 g/mol. The molecule has 0 heterocycles. The van der Waals surface area contributed by atoms with Crippen molar-refractivity contribution >= 4 is 5.91 Å². The number of amides is 1. The lowest BCUT2D eigenvalue weighted by Gasteiger charge is -2.03. The fraction of sp³-hybridized carbons (Fsp3) is 0.273. The standard InChI is InChI=1S/C11H14NO/c1-3-9-6-5-7-10(8-9)11(13)12-4-2/h5-8H,1,3-4H2,2H3,(H,12,13). The fourth-order valence-electron chi connectivity index (χ4n) is 1.13. The molecule has 0 unspecified atom stereocenters. The SMILES string of the molecule is [CH2]Cc1cccc(C(=O)NCC)c1. The predicted molar refractivity (Wildman–Crippen MR) is 53.5 cm³/mol. The van der Waals surface area contributed by atoms with E-state index in [4.69, 9.17) is 0 Å². The Kier molecular flexibility index (Phi) is 3.50. The van der Waals surface area contributed by atoms with Crippen LogP contribution < -0.4 is 5.32 Å². The summed E-state index contributed by atoms with van der Waals surface area (Å²) < 4.78 is 0. The van der Waals surface area contributed by atoms with Gasteiger partial charge in [-0.25, -0.2) is 0 Å². The molecule has 0 aliphatic heterocycles. The number of nitrogens with one attached hydrogen (secondary N) is 1. The van der Waals surface area contributed by atoms with E-state index in [1.807, 2.05) is 31.2 Å². The maximum Gasteiger partial charge on any atom is 0.251 e. The first-order valence-electron chi connectivity index (χ1n) is 4.44. The van der Waals surface area contributed by atoms with Crippen molar-refractivity contribution in [1.29, 1.82) is 0 Å². The summed E-state index contributed by atoms with van der Waals surface area (Å²) in [5.41, 5.74) is 1.80. The molecule has 13 heavy (non-hydrogen) atoms. The summed E-state index contributed by atoms with van der Waals surface area (Å²) in [6.07, 6.45) is 0.716. The molecule has 1 radical (unpaired) electrons. The third kappa shape index (κ3) is 2.58. The number of carbonyl (C=O) groups excluding carboxylic acids is 1. The molecule has 0 bridgehead atoms. The van der Waals surface area contributed by atoms with E-state index in [9.17, 15) is 4.79 Å². The van der Waals surface area contributed by atoms with Crippen LogP contribution >= 0.6 is 0 Å². The van der Waals surface area contributed by atoms with E-state index in [0.29, 0.717) is 18.5 Å². The summed E-state index contributed by atoms with van der Waals surface area (Å²) in [6.45, 7) is 6.34. The van der Waals surface area contributed by atoms with Gasteiger partial charge in [0, 0.05) is 12.1 Å². The van der Waals surface area contributed by atoms with Crippen LogP contribution in [0.15, 0.2) is 24.3 Å². The lowest BCUT2D eigenvalue weighted by atomic mass is 10.1. The van der Waals surface area contributed by atoms with Crippen molar-refractivity contribution < 1.29 is 4.79 Å². The van der Waals surface area contributed by atoms with E-state index in [-0.39, 0.29) is 5.91 Å². The minimum Gasteiger partial charge on any atom is -0.352 e. The average Bonchev–Trinajstić information content (AvgIpc) is 2.18. The van der Waals surface area contributed by atoms with E-state index in [1.165, 1.54) is 0 Å². The van der Waals surface area contributed by atoms with Gasteiger partial charge in [-0.1, -0.05) is 12.1 Å². The number of rotatable bonds is 3. The number of carbonyl (C=O) groups is 1. The van der Waals surface area contributed by atoms with Crippen LogP contribution in [0.2, 0.25) is 0 Å². The highest BCUT2D eigenvalue weighted by Gasteiger charge is 2.02. The van der Waals surface area contributed by atoms with Crippen molar-refractivity contribution in [2.24, 2.45) is 0 Å². The molecule has 0 aliphatic rings. The van der Waals surface area contributed by atoms with E-state index in [1.54, 1.807) is 0 Å². The first kappa shape index (κ1) is 9.78. The lowest BCUT2D eigenvalue weighted by Crippen LogP contribution is -2.22. The number of hydrogen-bond acceptors (Lipinski definition) is 1. The molecule has 2 heteroatoms. The zero-order valence-corrected chi connectivity index (χ0v) is 7.84. The smallest absolute Gasteiger partial charge is 0.251 e. The molecule has 0 aromatic heterocycles. The molecule has 0 fully saturated rings. The third-order valence-corrected chi connectivity index (χ3v) is 1.82. The molecule has 0 saturated heterocycles. The van der Waals surface area contributed by atoms with Gasteiger partial charge >= 0.3 is 0 Å². The Morgan fingerprint density at radius 3 is 2.92 bits per heavy atom. The minimum atomic E-state index is -0.0159. The molecular formula is C11H14NO. The van der Waals surface area contributed by atoms with Crippen LogP contribution in [-0.2, 0) is 6.42 Å². The highest BCUT2D eigenvalue weighted by Crippen LogP contribution is 2.05. The Morgan fingerprint density at radius 1 is 1.54 bits per heavy atom. The first-order valence-corrected chi connectivity index (χ1v) is 4.44. The largest absolute Gasteiger partial charge is 0.352 e. The van der Waals surface area contributed by atoms with Crippen LogP contribution in [0.1, 0.15) is 22.8 Å². The lowest BCUT2D eigenvalue weighted by molar-refractivity contribution is 0.0956. The van der Waals surface area contributed by atoms with Gasteiger partial charge in [-0.15, -0.1) is 0 Å². The van der Waals surface area contributed by atoms with E-state index >= 15 is 0 Å². The summed E-state index contributed by atoms with van der Waals surface area (Å²) in [6, 6.07) is 7.53. The zero-order chi connectivity index (χ0) is 9.68. The zero-order valence-electron chi connectivity index (χ0n) is 7.84. The Morgan fingerprint density at radius 2 is 2.31 bits per heavy atom. The Bertz CT molecular complexity index is 294. The van der Waals surface area contributed by atoms with E-state index in [2.05, 4.69) is 12.2 Å².